The molecule has 196 valence electrons. The summed E-state index contributed by atoms with van der Waals surface area (Å²) >= 11 is 1.70. The van der Waals surface area contributed by atoms with Gasteiger partial charge in [-0.2, -0.15) is 11.8 Å². The smallest absolute Gasteiger partial charge is 0.278 e. The number of amides is 1. The Hall–Kier alpha value is -3.57. The Bertz CT molecular complexity index is 1530. The molecule has 2 saturated heterocycles. The van der Waals surface area contributed by atoms with Crippen LogP contribution in [-0.2, 0) is 4.74 Å². The van der Waals surface area contributed by atoms with Crippen LogP contribution in [0.25, 0.3) is 0 Å². The maximum atomic E-state index is 15.8. The molecule has 2 aromatic carbocycles. The molecule has 4 aliphatic heterocycles. The van der Waals surface area contributed by atoms with Crippen molar-refractivity contribution < 1.29 is 23.4 Å². The van der Waals surface area contributed by atoms with Gasteiger partial charge in [-0.3, -0.25) is 19.3 Å². The molecule has 1 N–H and O–H groups in total. The fraction of sp³-hybridized carbons (Fsp3) is 0.333. The van der Waals surface area contributed by atoms with Gasteiger partial charge < -0.3 is 19.6 Å². The van der Waals surface area contributed by atoms with Crippen molar-refractivity contribution in [2.45, 2.75) is 18.2 Å². The van der Waals surface area contributed by atoms with Gasteiger partial charge in [0, 0.05) is 53.7 Å². The molecule has 0 bridgehead atoms. The van der Waals surface area contributed by atoms with Crippen LogP contribution in [0.15, 0.2) is 53.5 Å². The highest BCUT2D eigenvalue weighted by Gasteiger charge is 2.48. The van der Waals surface area contributed by atoms with E-state index in [-0.39, 0.29) is 24.4 Å². The van der Waals surface area contributed by atoms with Gasteiger partial charge in [0.2, 0.25) is 5.43 Å². The minimum Gasteiger partial charge on any atom is -0.502 e. The molecule has 5 heterocycles. The number of rotatable bonds is 1. The second-order valence-electron chi connectivity index (χ2n) is 9.77. The van der Waals surface area contributed by atoms with Crippen molar-refractivity contribution in [1.29, 1.82) is 0 Å². The highest BCUT2D eigenvalue weighted by atomic mass is 32.2. The van der Waals surface area contributed by atoms with E-state index in [0.29, 0.717) is 24.5 Å². The van der Waals surface area contributed by atoms with Crippen LogP contribution in [0, 0.1) is 11.6 Å². The van der Waals surface area contributed by atoms with Crippen LogP contribution >= 0.6 is 11.8 Å². The molecule has 0 spiro atoms. The number of fused-ring (bicyclic) bond motifs is 7. The predicted molar refractivity (Wildman–Crippen MR) is 138 cm³/mol. The van der Waals surface area contributed by atoms with Crippen molar-refractivity contribution in [2.24, 2.45) is 0 Å². The average Bonchev–Trinajstić information content (AvgIpc) is 3.06. The maximum absolute atomic E-state index is 15.8. The van der Waals surface area contributed by atoms with Crippen LogP contribution in [-0.4, -0.2) is 64.6 Å². The van der Waals surface area contributed by atoms with E-state index < -0.39 is 47.0 Å². The largest absolute Gasteiger partial charge is 0.502 e. The monoisotopic (exact) mass is 538 g/mol. The number of aromatic hydroxyl groups is 1. The van der Waals surface area contributed by atoms with E-state index in [9.17, 15) is 19.1 Å². The van der Waals surface area contributed by atoms with E-state index in [4.69, 9.17) is 4.74 Å². The van der Waals surface area contributed by atoms with Crippen molar-refractivity contribution in [3.63, 3.8) is 0 Å². The number of hydrogen-bond donors (Lipinski definition) is 1. The number of benzene rings is 2. The maximum Gasteiger partial charge on any atom is 0.278 e. The van der Waals surface area contributed by atoms with Gasteiger partial charge in [0.1, 0.15) is 12.2 Å². The zero-order chi connectivity index (χ0) is 26.1. The number of ether oxygens (including phenoxy) is 1. The molecule has 8 nitrogen and oxygen atoms in total. The molecule has 1 aromatic heterocycles. The number of morpholine rings is 1. The zero-order valence-corrected chi connectivity index (χ0v) is 21.0. The summed E-state index contributed by atoms with van der Waals surface area (Å²) in [5.41, 5.74) is 1.76. The Balaban J connectivity index is 1.56. The third-order valence-corrected chi connectivity index (χ3v) is 8.93. The molecule has 1 amide bonds. The Kier molecular flexibility index (Phi) is 5.41. The van der Waals surface area contributed by atoms with Gasteiger partial charge in [-0.1, -0.05) is 24.3 Å². The van der Waals surface area contributed by atoms with Gasteiger partial charge in [0.15, 0.2) is 23.1 Å². The highest BCUT2D eigenvalue weighted by molar-refractivity contribution is 7.99. The summed E-state index contributed by atoms with van der Waals surface area (Å²) in [4.78, 5) is 29.6. The second-order valence-corrected chi connectivity index (χ2v) is 10.9. The lowest BCUT2D eigenvalue weighted by molar-refractivity contribution is -0.0196. The van der Waals surface area contributed by atoms with Crippen molar-refractivity contribution >= 4 is 23.4 Å². The topological polar surface area (TPSA) is 78.2 Å². The summed E-state index contributed by atoms with van der Waals surface area (Å²) in [6, 6.07) is 10.7. The third-order valence-electron chi connectivity index (χ3n) is 7.90. The minimum absolute atomic E-state index is 0.158. The third kappa shape index (κ3) is 3.24. The number of hydrogen-bond acceptors (Lipinski definition) is 7. The molecule has 4 aliphatic rings. The quantitative estimate of drug-likeness (QED) is 0.511. The van der Waals surface area contributed by atoms with Crippen LogP contribution in [0.3, 0.4) is 0 Å². The van der Waals surface area contributed by atoms with Crippen molar-refractivity contribution in [2.75, 3.05) is 47.7 Å². The minimum atomic E-state index is -0.915. The number of carbonyl (C=O) groups is 1. The number of pyridine rings is 1. The van der Waals surface area contributed by atoms with Gasteiger partial charge >= 0.3 is 0 Å². The molecular weight excluding hydrogens is 514 g/mol. The summed E-state index contributed by atoms with van der Waals surface area (Å²) in [6.07, 6.45) is 0.839. The second kappa shape index (κ2) is 8.74. The molecule has 3 unspecified atom stereocenters. The SMILES string of the molecule is O=C1c2c(O)c(=O)ccn2N(C2c3ccccc3N3CCSCC3c3c2ccc(F)c3F)C2COCCN12. The lowest BCUT2D eigenvalue weighted by Gasteiger charge is -2.51. The van der Waals surface area contributed by atoms with Gasteiger partial charge in [-0.15, -0.1) is 0 Å². The summed E-state index contributed by atoms with van der Waals surface area (Å²) in [5.74, 6) is -1.48. The molecule has 7 rings (SSSR count). The molecule has 3 aromatic rings. The number of anilines is 1. The van der Waals surface area contributed by atoms with Crippen LogP contribution < -0.4 is 15.3 Å². The van der Waals surface area contributed by atoms with Gasteiger partial charge in [-0.25, -0.2) is 8.78 Å². The number of thioether (sulfide) groups is 1. The fourth-order valence-electron chi connectivity index (χ4n) is 6.25. The Morgan fingerprint density at radius 2 is 1.84 bits per heavy atom. The van der Waals surface area contributed by atoms with E-state index in [1.165, 1.54) is 16.9 Å². The summed E-state index contributed by atoms with van der Waals surface area (Å²) in [5, 5.41) is 12.6. The average molecular weight is 539 g/mol. The van der Waals surface area contributed by atoms with E-state index in [0.717, 1.165) is 23.1 Å². The lowest BCUT2D eigenvalue weighted by atomic mass is 9.91. The summed E-state index contributed by atoms with van der Waals surface area (Å²) < 4.78 is 37.9. The van der Waals surface area contributed by atoms with Crippen LogP contribution in [0.1, 0.15) is 39.3 Å². The van der Waals surface area contributed by atoms with Crippen molar-refractivity contribution in [3.8, 4) is 5.75 Å². The predicted octanol–water partition coefficient (Wildman–Crippen LogP) is 2.98. The van der Waals surface area contributed by atoms with E-state index in [2.05, 4.69) is 4.90 Å². The molecule has 11 heteroatoms. The Labute approximate surface area is 221 Å². The zero-order valence-electron chi connectivity index (χ0n) is 20.2. The van der Waals surface area contributed by atoms with Crippen molar-refractivity contribution in [3.05, 3.63) is 92.9 Å². The van der Waals surface area contributed by atoms with Gasteiger partial charge in [0.05, 0.1) is 19.3 Å². The Morgan fingerprint density at radius 3 is 2.71 bits per heavy atom. The molecule has 3 atom stereocenters. The Morgan fingerprint density at radius 1 is 1.00 bits per heavy atom. The first-order chi connectivity index (χ1) is 18.5. The van der Waals surface area contributed by atoms with Crippen LogP contribution in [0.2, 0.25) is 0 Å². The summed E-state index contributed by atoms with van der Waals surface area (Å²) in [7, 11) is 0. The summed E-state index contributed by atoms with van der Waals surface area (Å²) in [6.45, 7) is 1.39. The molecule has 0 saturated carbocycles. The van der Waals surface area contributed by atoms with E-state index in [1.54, 1.807) is 22.7 Å². The number of aromatic nitrogens is 1. The highest BCUT2D eigenvalue weighted by Crippen LogP contribution is 2.49. The first kappa shape index (κ1) is 23.5. The molecule has 2 fully saturated rings. The fourth-order valence-corrected chi connectivity index (χ4v) is 7.32. The number of nitrogens with zero attached hydrogens (tertiary/aromatic N) is 4. The van der Waals surface area contributed by atoms with E-state index in [1.807, 2.05) is 29.3 Å². The lowest BCUT2D eigenvalue weighted by Crippen LogP contribution is -2.66. The van der Waals surface area contributed by atoms with E-state index >= 15 is 4.39 Å². The number of para-hydroxylation sites is 1. The van der Waals surface area contributed by atoms with Crippen molar-refractivity contribution in [1.82, 2.24) is 9.58 Å². The van der Waals surface area contributed by atoms with Crippen LogP contribution in [0.4, 0.5) is 14.5 Å². The van der Waals surface area contributed by atoms with Gasteiger partial charge in [0.25, 0.3) is 5.91 Å². The standard InChI is InChI=1S/C27H24F2N4O4S/c28-17-6-5-16-22(23(17)29)19-14-38-12-10-30(19)18-4-2-1-3-15(18)24(16)33-21-13-37-11-9-31(21)27(36)25-26(35)20(34)7-8-32(25)33/h1-8,19,21,24,35H,9-14H2. The normalized spacial score (nSPS) is 24.1. The molecule has 38 heavy (non-hydrogen) atoms. The number of carbonyl (C=O) groups excluding carboxylic acids is 1. The molecule has 0 aliphatic carbocycles. The molecule has 0 radical (unpaired) electrons. The number of halogens is 2. The van der Waals surface area contributed by atoms with Crippen LogP contribution in [0.5, 0.6) is 5.75 Å². The molecular formula is C27H24F2N4O4S. The first-order valence-electron chi connectivity index (χ1n) is 12.5. The first-order valence-corrected chi connectivity index (χ1v) is 13.7. The van der Waals surface area contributed by atoms with Gasteiger partial charge in [-0.05, 0) is 17.7 Å².